The van der Waals surface area contributed by atoms with E-state index in [0.717, 1.165) is 28.8 Å². The molecule has 2 aromatic rings. The lowest BCUT2D eigenvalue weighted by Crippen LogP contribution is -2.51. The third kappa shape index (κ3) is 3.11. The molecule has 4 fully saturated rings. The Morgan fingerprint density at radius 2 is 1.53 bits per heavy atom. The van der Waals surface area contributed by atoms with E-state index in [2.05, 4.69) is 5.10 Å². The van der Waals surface area contributed by atoms with Gasteiger partial charge in [-0.1, -0.05) is 12.1 Å². The molecule has 4 bridgehead atoms. The van der Waals surface area contributed by atoms with Crippen LogP contribution in [-0.4, -0.2) is 22.9 Å². The number of nitrogens with two attached hydrogens (primary N) is 1. The van der Waals surface area contributed by atoms with E-state index >= 15 is 0 Å². The van der Waals surface area contributed by atoms with Crippen molar-refractivity contribution in [3.05, 3.63) is 50.3 Å². The number of benzene rings is 1. The van der Waals surface area contributed by atoms with Crippen molar-refractivity contribution >= 4 is 11.0 Å². The number of rotatable bonds is 5. The Morgan fingerprint density at radius 1 is 1.00 bits per heavy atom. The van der Waals surface area contributed by atoms with Gasteiger partial charge in [0.25, 0.3) is 11.1 Å². The van der Waals surface area contributed by atoms with Gasteiger partial charge in [-0.25, -0.2) is 0 Å². The Kier molecular flexibility index (Phi) is 4.81. The Balaban J connectivity index is 1.73. The smallest absolute Gasteiger partial charge is 0.284 e. The third-order valence-electron chi connectivity index (χ3n) is 7.67. The molecule has 7 heteroatoms. The number of fused-ring (bicyclic) bond motifs is 1. The average Bonchev–Trinajstić information content (AvgIpc) is 2.79. The molecule has 4 aliphatic rings. The zero-order chi connectivity index (χ0) is 20.9. The van der Waals surface area contributed by atoms with Crippen molar-refractivity contribution in [2.45, 2.75) is 51.6 Å². The van der Waals surface area contributed by atoms with Crippen LogP contribution in [0, 0.1) is 23.2 Å². The highest BCUT2D eigenvalue weighted by Gasteiger charge is 2.51. The van der Waals surface area contributed by atoms with Gasteiger partial charge in [0.05, 0.1) is 17.6 Å². The van der Waals surface area contributed by atoms with Crippen LogP contribution in [0.3, 0.4) is 0 Å². The normalized spacial score (nSPS) is 30.3. The fourth-order valence-electron chi connectivity index (χ4n) is 6.98. The number of aromatic nitrogens is 2. The maximum absolute atomic E-state index is 13.5. The van der Waals surface area contributed by atoms with Crippen LogP contribution in [0.4, 0.5) is 0 Å². The maximum Gasteiger partial charge on any atom is 0.284 e. The van der Waals surface area contributed by atoms with Gasteiger partial charge in [-0.15, -0.1) is 0 Å². The van der Waals surface area contributed by atoms with Gasteiger partial charge >= 0.3 is 0 Å². The minimum absolute atomic E-state index is 0.141. The zero-order valence-electron chi connectivity index (χ0n) is 17.5. The lowest BCUT2D eigenvalue weighted by Gasteiger charge is -2.57. The van der Waals surface area contributed by atoms with Gasteiger partial charge < -0.3 is 19.7 Å². The molecule has 0 saturated heterocycles. The quantitative estimate of drug-likeness (QED) is 0.601. The molecule has 7 nitrogen and oxygen atoms in total. The molecule has 0 amide bonds. The van der Waals surface area contributed by atoms with E-state index < -0.39 is 5.56 Å². The Labute approximate surface area is 175 Å². The van der Waals surface area contributed by atoms with Crippen LogP contribution in [0.2, 0.25) is 0 Å². The number of ether oxygens (including phenoxy) is 1. The van der Waals surface area contributed by atoms with Crippen molar-refractivity contribution in [2.75, 3.05) is 13.7 Å². The second-order valence-electron chi connectivity index (χ2n) is 9.72. The highest BCUT2D eigenvalue weighted by atomic mass is 16.5. The SMILES string of the molecule is COCCn1c(=O)c(=NN)c(=O)n(CC23CC4CC(CC(C4)C2)C3)c2ccccc21. The van der Waals surface area contributed by atoms with Crippen molar-refractivity contribution in [1.29, 1.82) is 0 Å². The van der Waals surface area contributed by atoms with Crippen LogP contribution < -0.4 is 22.3 Å². The maximum atomic E-state index is 13.5. The number of hydrogen-bond acceptors (Lipinski definition) is 5. The standard InChI is InChI=1S/C23H30N4O3/c1-30-7-6-26-18-4-2-3-5-19(18)27(22(29)20(25-24)21(26)28)14-23-11-15-8-16(12-23)10-17(9-15)13-23/h2-5,15-17H,6-14,24H2,1H3. The van der Waals surface area contributed by atoms with Crippen LogP contribution in [-0.2, 0) is 17.8 Å². The number of hydrogen-bond donors (Lipinski definition) is 1. The van der Waals surface area contributed by atoms with Crippen LogP contribution in [0.25, 0.3) is 11.0 Å². The van der Waals surface area contributed by atoms with E-state index in [-0.39, 0.29) is 16.3 Å². The molecule has 160 valence electrons. The van der Waals surface area contributed by atoms with E-state index in [9.17, 15) is 9.59 Å². The summed E-state index contributed by atoms with van der Waals surface area (Å²) in [5.41, 5.74) is 0.783. The Morgan fingerprint density at radius 3 is 2.07 bits per heavy atom. The van der Waals surface area contributed by atoms with Gasteiger partial charge in [0.15, 0.2) is 0 Å². The molecular formula is C23H30N4O3. The first-order chi connectivity index (χ1) is 14.5. The molecule has 1 heterocycles. The lowest BCUT2D eigenvalue weighted by atomic mass is 9.49. The van der Waals surface area contributed by atoms with Gasteiger partial charge in [0.2, 0.25) is 5.36 Å². The Hall–Kier alpha value is -2.41. The number of methoxy groups -OCH3 is 1. The summed E-state index contributed by atoms with van der Waals surface area (Å²) in [5, 5.41) is 3.45. The van der Waals surface area contributed by atoms with Gasteiger partial charge in [0.1, 0.15) is 0 Å². The summed E-state index contributed by atoms with van der Waals surface area (Å²) >= 11 is 0. The second-order valence-corrected chi connectivity index (χ2v) is 9.72. The molecular weight excluding hydrogens is 380 g/mol. The molecule has 4 saturated carbocycles. The first-order valence-corrected chi connectivity index (χ1v) is 11.0. The van der Waals surface area contributed by atoms with E-state index in [1.54, 1.807) is 16.2 Å². The molecule has 0 aliphatic heterocycles. The van der Waals surface area contributed by atoms with Crippen LogP contribution in [0.15, 0.2) is 39.0 Å². The molecule has 0 spiro atoms. The monoisotopic (exact) mass is 410 g/mol. The fourth-order valence-corrected chi connectivity index (χ4v) is 6.98. The van der Waals surface area contributed by atoms with Crippen LogP contribution in [0.5, 0.6) is 0 Å². The predicted octanol–water partition coefficient (Wildman–Crippen LogP) is 1.80. The molecule has 30 heavy (non-hydrogen) atoms. The number of nitrogens with zero attached hydrogens (tertiary/aromatic N) is 3. The van der Waals surface area contributed by atoms with E-state index in [4.69, 9.17) is 10.6 Å². The molecule has 6 rings (SSSR count). The van der Waals surface area contributed by atoms with Gasteiger partial charge in [-0.05, 0) is 73.8 Å². The molecule has 2 N–H and O–H groups in total. The van der Waals surface area contributed by atoms with Crippen LogP contribution in [0.1, 0.15) is 38.5 Å². The van der Waals surface area contributed by atoms with Crippen molar-refractivity contribution in [3.8, 4) is 0 Å². The summed E-state index contributed by atoms with van der Waals surface area (Å²) in [5.74, 6) is 7.93. The number of para-hydroxylation sites is 2. The predicted molar refractivity (Wildman–Crippen MR) is 115 cm³/mol. The molecule has 1 aromatic heterocycles. The Bertz CT molecular complexity index is 1130. The summed E-state index contributed by atoms with van der Waals surface area (Å²) < 4.78 is 8.56. The molecule has 0 unspecified atom stereocenters. The van der Waals surface area contributed by atoms with Gasteiger partial charge in [-0.3, -0.25) is 9.59 Å². The first kappa shape index (κ1) is 19.5. The molecule has 4 aliphatic carbocycles. The van der Waals surface area contributed by atoms with Crippen molar-refractivity contribution in [1.82, 2.24) is 9.13 Å². The van der Waals surface area contributed by atoms with Gasteiger partial charge in [0, 0.05) is 20.2 Å². The minimum atomic E-state index is -0.458. The minimum Gasteiger partial charge on any atom is -0.383 e. The molecule has 1 aromatic carbocycles. The molecule has 0 radical (unpaired) electrons. The molecule has 0 atom stereocenters. The fraction of sp³-hybridized carbons (Fsp3) is 0.609. The van der Waals surface area contributed by atoms with E-state index in [1.807, 2.05) is 24.3 Å². The van der Waals surface area contributed by atoms with E-state index in [0.29, 0.717) is 19.7 Å². The lowest BCUT2D eigenvalue weighted by molar-refractivity contribution is -0.0617. The third-order valence-corrected chi connectivity index (χ3v) is 7.67. The largest absolute Gasteiger partial charge is 0.383 e. The zero-order valence-corrected chi connectivity index (χ0v) is 17.5. The topological polar surface area (TPSA) is 91.6 Å². The van der Waals surface area contributed by atoms with Crippen molar-refractivity contribution in [3.63, 3.8) is 0 Å². The van der Waals surface area contributed by atoms with Gasteiger partial charge in [-0.2, -0.15) is 5.10 Å². The van der Waals surface area contributed by atoms with Crippen molar-refractivity contribution < 1.29 is 4.74 Å². The average molecular weight is 411 g/mol. The summed E-state index contributed by atoms with van der Waals surface area (Å²) in [7, 11) is 1.59. The van der Waals surface area contributed by atoms with E-state index in [1.165, 1.54) is 38.5 Å². The first-order valence-electron chi connectivity index (χ1n) is 11.0. The second kappa shape index (κ2) is 7.38. The summed E-state index contributed by atoms with van der Waals surface area (Å²) in [6.07, 6.45) is 7.60. The van der Waals surface area contributed by atoms with Crippen LogP contribution >= 0.6 is 0 Å². The highest BCUT2D eigenvalue weighted by Crippen LogP contribution is 2.60. The highest BCUT2D eigenvalue weighted by molar-refractivity contribution is 5.74. The van der Waals surface area contributed by atoms with Crippen molar-refractivity contribution in [2.24, 2.45) is 34.1 Å². The summed E-state index contributed by atoms with van der Waals surface area (Å²) in [6, 6.07) is 7.63. The summed E-state index contributed by atoms with van der Waals surface area (Å²) in [4.78, 5) is 26.7. The summed E-state index contributed by atoms with van der Waals surface area (Å²) in [6.45, 7) is 1.34.